The number of thiol groups is 2. The fourth-order valence-corrected chi connectivity index (χ4v) is 1.84. The molecule has 0 aliphatic rings. The average molecular weight is 343 g/mol. The van der Waals surface area contributed by atoms with E-state index in [4.69, 9.17) is 4.74 Å². The molecule has 3 atom stereocenters. The summed E-state index contributed by atoms with van der Waals surface area (Å²) in [6.45, 7) is 6.13. The van der Waals surface area contributed by atoms with Crippen molar-refractivity contribution in [2.24, 2.45) is 0 Å². The normalized spacial score (nSPS) is 15.5. The molecule has 0 amide bonds. The summed E-state index contributed by atoms with van der Waals surface area (Å²) in [4.78, 5) is 11.5. The Bertz CT molecular complexity index is 533. The number of ether oxygens (including phenoxy) is 1. The third-order valence-electron chi connectivity index (χ3n) is 2.84. The lowest BCUT2D eigenvalue weighted by Gasteiger charge is -2.17. The first kappa shape index (κ1) is 19.1. The molecule has 0 aliphatic heterocycles. The molecule has 0 saturated heterocycles. The molecule has 1 N–H and O–H groups in total. The van der Waals surface area contributed by atoms with Crippen LogP contribution in [0.3, 0.4) is 0 Å². The molecular weight excluding hydrogens is 321 g/mol. The number of halogens is 1. The zero-order valence-electron chi connectivity index (χ0n) is 12.9. The van der Waals surface area contributed by atoms with Gasteiger partial charge in [-0.15, -0.1) is 0 Å². The Morgan fingerprint density at radius 1 is 1.36 bits per heavy atom. The summed E-state index contributed by atoms with van der Waals surface area (Å²) in [6.07, 6.45) is 2.68. The number of ketones is 1. The van der Waals surface area contributed by atoms with Crippen LogP contribution in [-0.4, -0.2) is 29.1 Å². The standard InChI is InChI=1S/C16H22FNO2S2/c1-10(9-18-12(3)22)20-14-5-6-15(17)13(8-14)4-7-16(19)11(2)21/h4-8,10-12,18,21-22H,9H2,1-3H3/b7-4+/t10-,11?,12?/m0/s1. The summed E-state index contributed by atoms with van der Waals surface area (Å²) < 4.78 is 19.5. The van der Waals surface area contributed by atoms with E-state index in [-0.39, 0.29) is 17.3 Å². The van der Waals surface area contributed by atoms with Crippen molar-refractivity contribution in [3.63, 3.8) is 0 Å². The highest BCUT2D eigenvalue weighted by Crippen LogP contribution is 2.19. The first-order chi connectivity index (χ1) is 10.3. The molecule has 0 bridgehead atoms. The molecule has 6 heteroatoms. The predicted molar refractivity (Wildman–Crippen MR) is 95.4 cm³/mol. The van der Waals surface area contributed by atoms with Crippen molar-refractivity contribution in [3.05, 3.63) is 35.7 Å². The molecule has 0 heterocycles. The number of hydrogen-bond donors (Lipinski definition) is 3. The summed E-state index contributed by atoms with van der Waals surface area (Å²) in [6, 6.07) is 4.46. The van der Waals surface area contributed by atoms with Gasteiger partial charge in [0.05, 0.1) is 5.25 Å². The number of carbonyl (C=O) groups excluding carboxylic acids is 1. The van der Waals surface area contributed by atoms with Crippen LogP contribution in [0.15, 0.2) is 24.3 Å². The van der Waals surface area contributed by atoms with E-state index >= 15 is 0 Å². The van der Waals surface area contributed by atoms with Crippen LogP contribution >= 0.6 is 25.3 Å². The van der Waals surface area contributed by atoms with Crippen molar-refractivity contribution in [2.75, 3.05) is 6.54 Å². The van der Waals surface area contributed by atoms with Gasteiger partial charge in [0.2, 0.25) is 0 Å². The van der Waals surface area contributed by atoms with Gasteiger partial charge >= 0.3 is 0 Å². The molecule has 2 unspecified atom stereocenters. The van der Waals surface area contributed by atoms with Gasteiger partial charge in [-0.25, -0.2) is 4.39 Å². The minimum atomic E-state index is -0.409. The average Bonchev–Trinajstić information content (AvgIpc) is 2.45. The van der Waals surface area contributed by atoms with Gasteiger partial charge in [-0.3, -0.25) is 4.79 Å². The summed E-state index contributed by atoms with van der Waals surface area (Å²) in [7, 11) is 0. The lowest BCUT2D eigenvalue weighted by atomic mass is 10.1. The molecule has 0 fully saturated rings. The van der Waals surface area contributed by atoms with Gasteiger partial charge in [0.25, 0.3) is 0 Å². The second-order valence-corrected chi connectivity index (χ2v) is 6.66. The van der Waals surface area contributed by atoms with Crippen LogP contribution in [0.1, 0.15) is 26.3 Å². The summed E-state index contributed by atoms with van der Waals surface area (Å²) in [5.74, 6) is -0.0269. The highest BCUT2D eigenvalue weighted by molar-refractivity contribution is 7.81. The van der Waals surface area contributed by atoms with Crippen LogP contribution in [0.2, 0.25) is 0 Å². The van der Waals surface area contributed by atoms with E-state index in [2.05, 4.69) is 30.6 Å². The van der Waals surface area contributed by atoms with Crippen molar-refractivity contribution in [3.8, 4) is 5.75 Å². The van der Waals surface area contributed by atoms with E-state index in [1.165, 1.54) is 18.2 Å². The van der Waals surface area contributed by atoms with E-state index in [9.17, 15) is 9.18 Å². The highest BCUT2D eigenvalue weighted by atomic mass is 32.1. The zero-order valence-corrected chi connectivity index (χ0v) is 14.7. The molecule has 0 saturated carbocycles. The van der Waals surface area contributed by atoms with E-state index in [1.807, 2.05) is 13.8 Å². The molecule has 3 nitrogen and oxygen atoms in total. The maximum atomic E-state index is 13.8. The van der Waals surface area contributed by atoms with Gasteiger partial charge in [0.1, 0.15) is 17.7 Å². The first-order valence-corrected chi connectivity index (χ1v) is 8.10. The Balaban J connectivity index is 2.75. The Kier molecular flexibility index (Phi) is 8.00. The summed E-state index contributed by atoms with van der Waals surface area (Å²) in [5.41, 5.74) is 0.308. The van der Waals surface area contributed by atoms with E-state index in [0.29, 0.717) is 17.9 Å². The molecule has 0 radical (unpaired) electrons. The van der Waals surface area contributed by atoms with Crippen LogP contribution in [-0.2, 0) is 4.79 Å². The van der Waals surface area contributed by atoms with Crippen LogP contribution < -0.4 is 10.1 Å². The van der Waals surface area contributed by atoms with Crippen LogP contribution in [0.5, 0.6) is 5.75 Å². The largest absolute Gasteiger partial charge is 0.489 e. The molecule has 1 rings (SSSR count). The molecule has 0 aliphatic carbocycles. The maximum absolute atomic E-state index is 13.8. The summed E-state index contributed by atoms with van der Waals surface area (Å²) >= 11 is 8.27. The second kappa shape index (κ2) is 9.22. The minimum Gasteiger partial charge on any atom is -0.489 e. The van der Waals surface area contributed by atoms with Crippen LogP contribution in [0.4, 0.5) is 4.39 Å². The minimum absolute atomic E-state index is 0.0759. The van der Waals surface area contributed by atoms with Gasteiger partial charge in [-0.2, -0.15) is 25.3 Å². The number of carbonyl (C=O) groups is 1. The Morgan fingerprint density at radius 3 is 2.64 bits per heavy atom. The number of hydrogen-bond acceptors (Lipinski definition) is 5. The van der Waals surface area contributed by atoms with Crippen molar-refractivity contribution in [1.29, 1.82) is 0 Å². The van der Waals surface area contributed by atoms with Gasteiger partial charge < -0.3 is 10.1 Å². The fraction of sp³-hybridized carbons (Fsp3) is 0.438. The Labute approximate surface area is 142 Å². The van der Waals surface area contributed by atoms with Gasteiger partial charge in [-0.05, 0) is 51.1 Å². The quantitative estimate of drug-likeness (QED) is 0.385. The van der Waals surface area contributed by atoms with Crippen molar-refractivity contribution >= 4 is 37.1 Å². The monoisotopic (exact) mass is 343 g/mol. The van der Waals surface area contributed by atoms with Crippen molar-refractivity contribution < 1.29 is 13.9 Å². The molecule has 122 valence electrons. The number of nitrogens with one attached hydrogen (secondary N) is 1. The molecule has 0 aromatic heterocycles. The molecular formula is C16H22FNO2S2. The maximum Gasteiger partial charge on any atom is 0.168 e. The lowest BCUT2D eigenvalue weighted by molar-refractivity contribution is -0.113. The van der Waals surface area contributed by atoms with Gasteiger partial charge in [0.15, 0.2) is 5.78 Å². The topological polar surface area (TPSA) is 38.3 Å². The number of benzene rings is 1. The van der Waals surface area contributed by atoms with E-state index in [1.54, 1.807) is 19.1 Å². The second-order valence-electron chi connectivity index (χ2n) is 5.11. The third-order valence-corrected chi connectivity index (χ3v) is 3.28. The van der Waals surface area contributed by atoms with Crippen molar-refractivity contribution in [2.45, 2.75) is 37.5 Å². The van der Waals surface area contributed by atoms with Crippen molar-refractivity contribution in [1.82, 2.24) is 5.32 Å². The van der Waals surface area contributed by atoms with Crippen LogP contribution in [0.25, 0.3) is 6.08 Å². The van der Waals surface area contributed by atoms with Gasteiger partial charge in [-0.1, -0.05) is 0 Å². The summed E-state index contributed by atoms with van der Waals surface area (Å²) in [5, 5.41) is 2.81. The third kappa shape index (κ3) is 6.85. The molecule has 1 aromatic carbocycles. The molecule has 1 aromatic rings. The smallest absolute Gasteiger partial charge is 0.168 e. The Hall–Kier alpha value is -0.980. The first-order valence-electron chi connectivity index (χ1n) is 7.07. The van der Waals surface area contributed by atoms with Crippen LogP contribution in [0, 0.1) is 5.82 Å². The lowest BCUT2D eigenvalue weighted by Crippen LogP contribution is -2.32. The van der Waals surface area contributed by atoms with E-state index in [0.717, 1.165) is 0 Å². The SMILES string of the molecule is CC(S)NC[C@H](C)Oc1ccc(F)c(/C=C/C(=O)C(C)S)c1. The molecule has 22 heavy (non-hydrogen) atoms. The fourth-order valence-electron chi connectivity index (χ4n) is 1.64. The molecule has 0 spiro atoms. The Morgan fingerprint density at radius 2 is 2.05 bits per heavy atom. The van der Waals surface area contributed by atoms with Gasteiger partial charge in [0, 0.05) is 17.5 Å². The van der Waals surface area contributed by atoms with E-state index < -0.39 is 11.1 Å². The number of rotatable bonds is 8. The highest BCUT2D eigenvalue weighted by Gasteiger charge is 2.08. The zero-order chi connectivity index (χ0) is 16.7. The predicted octanol–water partition coefficient (Wildman–Crippen LogP) is 3.36. The number of allylic oxidation sites excluding steroid dienone is 1.